The molecular formula is C23H27N3O2. The predicted octanol–water partition coefficient (Wildman–Crippen LogP) is 4.24. The molecule has 146 valence electrons. The molecule has 0 spiro atoms. The highest BCUT2D eigenvalue weighted by Crippen LogP contribution is 2.27. The van der Waals surface area contributed by atoms with Crippen LogP contribution in [0.5, 0.6) is 5.75 Å². The molecule has 3 aromatic rings. The van der Waals surface area contributed by atoms with Crippen LogP contribution >= 0.6 is 0 Å². The van der Waals surface area contributed by atoms with Gasteiger partial charge in [0.2, 0.25) is 0 Å². The minimum atomic E-state index is -0.128. The van der Waals surface area contributed by atoms with Gasteiger partial charge in [-0.25, -0.2) is 4.98 Å². The summed E-state index contributed by atoms with van der Waals surface area (Å²) in [7, 11) is 0. The van der Waals surface area contributed by atoms with Crippen molar-refractivity contribution in [2.45, 2.75) is 32.1 Å². The smallest absolute Gasteiger partial charge is 0.259 e. The molecule has 0 bridgehead atoms. The number of nitrogens with zero attached hydrogens (tertiary/aromatic N) is 2. The van der Waals surface area contributed by atoms with Crippen LogP contribution in [0.1, 0.15) is 32.1 Å². The SMILES string of the molecule is O=c1[nH]c(-c2ccccc2OCCCCN2CCCCC2)nc2ccccc12. The summed E-state index contributed by atoms with van der Waals surface area (Å²) in [5.41, 5.74) is 1.39. The Morgan fingerprint density at radius 2 is 1.75 bits per heavy atom. The number of H-pyrrole nitrogens is 1. The van der Waals surface area contributed by atoms with Crippen molar-refractivity contribution in [1.29, 1.82) is 0 Å². The number of para-hydroxylation sites is 2. The molecule has 2 aromatic carbocycles. The van der Waals surface area contributed by atoms with Crippen LogP contribution in [0.25, 0.3) is 22.3 Å². The van der Waals surface area contributed by atoms with Gasteiger partial charge in [0, 0.05) is 0 Å². The quantitative estimate of drug-likeness (QED) is 0.626. The molecule has 1 saturated heterocycles. The molecule has 2 heterocycles. The van der Waals surface area contributed by atoms with Crippen molar-refractivity contribution in [3.63, 3.8) is 0 Å². The maximum Gasteiger partial charge on any atom is 0.259 e. The second kappa shape index (κ2) is 9.02. The Morgan fingerprint density at radius 3 is 2.64 bits per heavy atom. The van der Waals surface area contributed by atoms with Gasteiger partial charge in [0.05, 0.1) is 23.1 Å². The zero-order valence-corrected chi connectivity index (χ0v) is 16.2. The van der Waals surface area contributed by atoms with Crippen molar-refractivity contribution in [3.8, 4) is 17.1 Å². The van der Waals surface area contributed by atoms with Crippen LogP contribution in [0.4, 0.5) is 0 Å². The van der Waals surface area contributed by atoms with Crippen LogP contribution in [0.2, 0.25) is 0 Å². The van der Waals surface area contributed by atoms with Crippen LogP contribution in [0, 0.1) is 0 Å². The molecule has 1 N–H and O–H groups in total. The molecular weight excluding hydrogens is 350 g/mol. The first-order valence-electron chi connectivity index (χ1n) is 10.2. The van der Waals surface area contributed by atoms with Crippen LogP contribution in [-0.2, 0) is 0 Å². The lowest BCUT2D eigenvalue weighted by atomic mass is 10.1. The van der Waals surface area contributed by atoms with E-state index in [9.17, 15) is 4.79 Å². The Kier molecular flexibility index (Phi) is 6.02. The monoisotopic (exact) mass is 377 g/mol. The first-order valence-corrected chi connectivity index (χ1v) is 10.2. The zero-order chi connectivity index (χ0) is 19.2. The van der Waals surface area contributed by atoms with Crippen molar-refractivity contribution in [2.75, 3.05) is 26.2 Å². The van der Waals surface area contributed by atoms with Gasteiger partial charge in [0.1, 0.15) is 11.6 Å². The number of unbranched alkanes of at least 4 members (excludes halogenated alkanes) is 1. The van der Waals surface area contributed by atoms with E-state index in [0.717, 1.165) is 30.7 Å². The molecule has 4 rings (SSSR count). The fraction of sp³-hybridized carbons (Fsp3) is 0.391. The van der Waals surface area contributed by atoms with Crippen molar-refractivity contribution in [2.24, 2.45) is 0 Å². The Labute approximate surface area is 165 Å². The van der Waals surface area contributed by atoms with Crippen molar-refractivity contribution < 1.29 is 4.74 Å². The number of benzene rings is 2. The number of aromatic amines is 1. The van der Waals surface area contributed by atoms with Gasteiger partial charge in [0.25, 0.3) is 5.56 Å². The van der Waals surface area contributed by atoms with Crippen molar-refractivity contribution in [1.82, 2.24) is 14.9 Å². The summed E-state index contributed by atoms with van der Waals surface area (Å²) in [4.78, 5) is 22.5. The number of fused-ring (bicyclic) bond motifs is 1. The summed E-state index contributed by atoms with van der Waals surface area (Å²) in [6.45, 7) is 4.31. The van der Waals surface area contributed by atoms with Crippen LogP contribution < -0.4 is 10.3 Å². The molecule has 0 aliphatic carbocycles. The molecule has 0 unspecified atom stereocenters. The molecule has 1 aromatic heterocycles. The summed E-state index contributed by atoms with van der Waals surface area (Å²) in [6.07, 6.45) is 6.21. The molecule has 1 aliphatic heterocycles. The van der Waals surface area contributed by atoms with Crippen LogP contribution in [0.15, 0.2) is 53.3 Å². The fourth-order valence-electron chi connectivity index (χ4n) is 3.80. The second-order valence-electron chi connectivity index (χ2n) is 7.39. The van der Waals surface area contributed by atoms with Crippen LogP contribution in [0.3, 0.4) is 0 Å². The number of aromatic nitrogens is 2. The average Bonchev–Trinajstić information content (AvgIpc) is 2.74. The molecule has 0 atom stereocenters. The van der Waals surface area contributed by atoms with Gasteiger partial charge in [0.15, 0.2) is 0 Å². The van der Waals surface area contributed by atoms with Gasteiger partial charge in [-0.2, -0.15) is 0 Å². The zero-order valence-electron chi connectivity index (χ0n) is 16.2. The van der Waals surface area contributed by atoms with Gasteiger partial charge < -0.3 is 14.6 Å². The molecule has 28 heavy (non-hydrogen) atoms. The summed E-state index contributed by atoms with van der Waals surface area (Å²) in [6, 6.07) is 15.2. The maximum atomic E-state index is 12.4. The molecule has 0 amide bonds. The number of rotatable bonds is 7. The van der Waals surface area contributed by atoms with Crippen LogP contribution in [-0.4, -0.2) is 41.1 Å². The van der Waals surface area contributed by atoms with Gasteiger partial charge in [-0.1, -0.05) is 30.7 Å². The lowest BCUT2D eigenvalue weighted by Gasteiger charge is -2.26. The highest BCUT2D eigenvalue weighted by molar-refractivity contribution is 5.80. The minimum Gasteiger partial charge on any atom is -0.493 e. The highest BCUT2D eigenvalue weighted by atomic mass is 16.5. The molecule has 0 radical (unpaired) electrons. The van der Waals surface area contributed by atoms with E-state index in [0.29, 0.717) is 23.3 Å². The first kappa shape index (κ1) is 18.7. The number of hydrogen-bond donors (Lipinski definition) is 1. The molecule has 1 fully saturated rings. The van der Waals surface area contributed by atoms with E-state index in [1.807, 2.05) is 42.5 Å². The molecule has 5 heteroatoms. The fourth-order valence-corrected chi connectivity index (χ4v) is 3.80. The average molecular weight is 377 g/mol. The minimum absolute atomic E-state index is 0.128. The van der Waals surface area contributed by atoms with Gasteiger partial charge in [-0.15, -0.1) is 0 Å². The van der Waals surface area contributed by atoms with Crippen molar-refractivity contribution in [3.05, 3.63) is 58.9 Å². The lowest BCUT2D eigenvalue weighted by molar-refractivity contribution is 0.216. The number of hydrogen-bond acceptors (Lipinski definition) is 4. The number of piperidine rings is 1. The Hall–Kier alpha value is -2.66. The van der Waals surface area contributed by atoms with Crippen molar-refractivity contribution >= 4 is 10.9 Å². The van der Waals surface area contributed by atoms with E-state index >= 15 is 0 Å². The largest absolute Gasteiger partial charge is 0.493 e. The summed E-state index contributed by atoms with van der Waals surface area (Å²) in [5.74, 6) is 1.31. The van der Waals surface area contributed by atoms with E-state index in [4.69, 9.17) is 4.74 Å². The van der Waals surface area contributed by atoms with Gasteiger partial charge in [-0.05, 0) is 69.6 Å². The van der Waals surface area contributed by atoms with E-state index in [2.05, 4.69) is 14.9 Å². The molecule has 5 nitrogen and oxygen atoms in total. The van der Waals surface area contributed by atoms with E-state index in [1.165, 1.54) is 32.4 Å². The summed E-state index contributed by atoms with van der Waals surface area (Å²) >= 11 is 0. The van der Waals surface area contributed by atoms with E-state index < -0.39 is 0 Å². The molecule has 0 saturated carbocycles. The summed E-state index contributed by atoms with van der Waals surface area (Å²) < 4.78 is 6.05. The normalized spacial score (nSPS) is 15.0. The summed E-state index contributed by atoms with van der Waals surface area (Å²) in [5, 5.41) is 0.599. The van der Waals surface area contributed by atoms with Gasteiger partial charge >= 0.3 is 0 Å². The Morgan fingerprint density at radius 1 is 0.964 bits per heavy atom. The number of likely N-dealkylation sites (tertiary alicyclic amines) is 1. The number of ether oxygens (including phenoxy) is 1. The molecule has 1 aliphatic rings. The first-order chi connectivity index (χ1) is 13.8. The highest BCUT2D eigenvalue weighted by Gasteiger charge is 2.11. The Balaban J connectivity index is 1.42. The maximum absolute atomic E-state index is 12.4. The van der Waals surface area contributed by atoms with E-state index in [1.54, 1.807) is 6.07 Å². The lowest BCUT2D eigenvalue weighted by Crippen LogP contribution is -2.30. The Bertz CT molecular complexity index is 977. The third-order valence-electron chi connectivity index (χ3n) is 5.33. The standard InChI is InChI=1S/C23H27N3O2/c27-23-18-10-2-4-12-20(18)24-22(25-23)19-11-3-5-13-21(19)28-17-9-8-16-26-14-6-1-7-15-26/h2-5,10-13H,1,6-9,14-17H2,(H,24,25,27). The second-order valence-corrected chi connectivity index (χ2v) is 7.39. The predicted molar refractivity (Wildman–Crippen MR) is 113 cm³/mol. The topological polar surface area (TPSA) is 58.2 Å². The number of nitrogens with one attached hydrogen (secondary N) is 1. The van der Waals surface area contributed by atoms with E-state index in [-0.39, 0.29) is 5.56 Å². The van der Waals surface area contributed by atoms with Gasteiger partial charge in [-0.3, -0.25) is 4.79 Å². The third-order valence-corrected chi connectivity index (χ3v) is 5.33. The third kappa shape index (κ3) is 4.42.